The second kappa shape index (κ2) is 6.26. The molecule has 0 bridgehead atoms. The number of aryl methyl sites for hydroxylation is 2. The van der Waals surface area contributed by atoms with Crippen LogP contribution in [-0.2, 0) is 25.7 Å². The van der Waals surface area contributed by atoms with E-state index in [9.17, 15) is 0 Å². The summed E-state index contributed by atoms with van der Waals surface area (Å²) in [4.78, 5) is 0. The van der Waals surface area contributed by atoms with E-state index in [0.717, 1.165) is 0 Å². The third-order valence-electron chi connectivity index (χ3n) is 1.22. The molecule has 0 aliphatic heterocycles. The normalized spacial score (nSPS) is 7.45. The Morgan fingerprint density at radius 2 is 1.09 bits per heavy atom. The summed E-state index contributed by atoms with van der Waals surface area (Å²) >= 11 is -2.00. The Morgan fingerprint density at radius 3 is 1.27 bits per heavy atom. The van der Waals surface area contributed by atoms with Gasteiger partial charge in [0.05, 0.1) is 0 Å². The number of benzene rings is 1. The first-order chi connectivity index (χ1) is 5.20. The van der Waals surface area contributed by atoms with Crippen molar-refractivity contribution >= 4 is 0 Å². The Bertz CT molecular complexity index is 214. The first kappa shape index (κ1) is 10.5. The van der Waals surface area contributed by atoms with Gasteiger partial charge in [0, 0.05) is 0 Å². The molecule has 0 heterocycles. The zero-order valence-corrected chi connectivity index (χ0v) is 8.19. The van der Waals surface area contributed by atoms with E-state index >= 15 is 0 Å². The average molecular weight is 186 g/mol. The van der Waals surface area contributed by atoms with E-state index in [1.165, 1.54) is 11.1 Å². The molecule has 0 spiro atoms. The van der Waals surface area contributed by atoms with Crippen molar-refractivity contribution in [3.05, 3.63) is 35.4 Å². The SMILES string of the molecule is Cc1ccc(C)cc1.[O]=[Ti]=[O]. The quantitative estimate of drug-likeness (QED) is 0.581. The predicted molar refractivity (Wildman–Crippen MR) is 37.3 cm³/mol. The van der Waals surface area contributed by atoms with Crippen LogP contribution in [-0.4, -0.2) is 0 Å². The van der Waals surface area contributed by atoms with Gasteiger partial charge in [-0.25, -0.2) is 0 Å². The monoisotopic (exact) mass is 186 g/mol. The molecule has 11 heavy (non-hydrogen) atoms. The first-order valence-corrected chi connectivity index (χ1v) is 4.50. The summed E-state index contributed by atoms with van der Waals surface area (Å²) in [6.07, 6.45) is 0. The summed E-state index contributed by atoms with van der Waals surface area (Å²) in [5.41, 5.74) is 2.66. The second-order valence-electron chi connectivity index (χ2n) is 2.24. The van der Waals surface area contributed by atoms with Crippen LogP contribution in [0.5, 0.6) is 0 Å². The Morgan fingerprint density at radius 1 is 0.909 bits per heavy atom. The Hall–Kier alpha value is -0.466. The number of rotatable bonds is 0. The molecular formula is C8H10O2Ti. The van der Waals surface area contributed by atoms with Crippen molar-refractivity contribution in [1.82, 2.24) is 0 Å². The minimum atomic E-state index is -2.00. The third-order valence-corrected chi connectivity index (χ3v) is 1.22. The van der Waals surface area contributed by atoms with Crippen LogP contribution in [0.25, 0.3) is 0 Å². The van der Waals surface area contributed by atoms with Gasteiger partial charge in [-0.1, -0.05) is 35.4 Å². The van der Waals surface area contributed by atoms with Crippen molar-refractivity contribution in [2.75, 3.05) is 0 Å². The van der Waals surface area contributed by atoms with E-state index in [1.807, 2.05) is 0 Å². The van der Waals surface area contributed by atoms with Crippen LogP contribution in [0.3, 0.4) is 0 Å². The standard InChI is InChI=1S/C8H10.2O.Ti/c1-7-3-5-8(2)6-4-7;;;/h3-6H,1-2H3;;;. The molecule has 0 saturated carbocycles. The van der Waals surface area contributed by atoms with Gasteiger partial charge < -0.3 is 0 Å². The topological polar surface area (TPSA) is 34.1 Å². The van der Waals surface area contributed by atoms with Crippen molar-refractivity contribution in [2.45, 2.75) is 13.8 Å². The van der Waals surface area contributed by atoms with E-state index in [2.05, 4.69) is 38.1 Å². The number of hydrogen-bond acceptors (Lipinski definition) is 2. The molecule has 0 saturated heterocycles. The molecule has 58 valence electrons. The van der Waals surface area contributed by atoms with E-state index in [0.29, 0.717) is 0 Å². The maximum atomic E-state index is 8.50. The summed E-state index contributed by atoms with van der Waals surface area (Å²) in [5, 5.41) is 0. The molecule has 0 N–H and O–H groups in total. The third kappa shape index (κ3) is 5.95. The molecule has 0 aromatic heterocycles. The Kier molecular flexibility index (Phi) is 5.99. The van der Waals surface area contributed by atoms with E-state index in [4.69, 9.17) is 6.65 Å². The average Bonchev–Trinajstić information content (AvgIpc) is 1.97. The molecule has 0 unspecified atom stereocenters. The molecule has 3 heteroatoms. The Balaban J connectivity index is 0.000000292. The summed E-state index contributed by atoms with van der Waals surface area (Å²) < 4.78 is 17.0. The molecule has 1 aromatic rings. The summed E-state index contributed by atoms with van der Waals surface area (Å²) in [6, 6.07) is 8.48. The van der Waals surface area contributed by atoms with Crippen LogP contribution >= 0.6 is 0 Å². The Labute approximate surface area is 75.2 Å². The van der Waals surface area contributed by atoms with Gasteiger partial charge >= 0.3 is 25.7 Å². The van der Waals surface area contributed by atoms with Gasteiger partial charge in [-0.15, -0.1) is 0 Å². The summed E-state index contributed by atoms with van der Waals surface area (Å²) in [7, 11) is 0. The second-order valence-corrected chi connectivity index (χ2v) is 2.50. The molecular weight excluding hydrogens is 176 g/mol. The molecule has 2 nitrogen and oxygen atoms in total. The molecule has 0 radical (unpaired) electrons. The van der Waals surface area contributed by atoms with Crippen molar-refractivity contribution in [2.24, 2.45) is 0 Å². The fourth-order valence-corrected chi connectivity index (χ4v) is 0.637. The van der Waals surface area contributed by atoms with Gasteiger partial charge in [0.15, 0.2) is 0 Å². The molecule has 0 aliphatic rings. The number of hydrogen-bond donors (Lipinski definition) is 0. The van der Waals surface area contributed by atoms with Crippen LogP contribution in [0.2, 0.25) is 0 Å². The molecule has 0 aliphatic carbocycles. The predicted octanol–water partition coefficient (Wildman–Crippen LogP) is 2.06. The molecule has 0 atom stereocenters. The van der Waals surface area contributed by atoms with Gasteiger partial charge in [0.25, 0.3) is 0 Å². The van der Waals surface area contributed by atoms with E-state index in [-0.39, 0.29) is 0 Å². The van der Waals surface area contributed by atoms with Crippen LogP contribution in [0.4, 0.5) is 0 Å². The van der Waals surface area contributed by atoms with Crippen LogP contribution < -0.4 is 0 Å². The molecule has 0 amide bonds. The van der Waals surface area contributed by atoms with Gasteiger partial charge in [0.1, 0.15) is 0 Å². The molecule has 1 aromatic carbocycles. The molecule has 0 fully saturated rings. The fourth-order valence-electron chi connectivity index (χ4n) is 0.637. The van der Waals surface area contributed by atoms with Crippen LogP contribution in [0.1, 0.15) is 11.1 Å². The van der Waals surface area contributed by atoms with Crippen LogP contribution in [0.15, 0.2) is 24.3 Å². The van der Waals surface area contributed by atoms with Crippen molar-refractivity contribution < 1.29 is 25.7 Å². The minimum absolute atomic E-state index is 1.33. The van der Waals surface area contributed by atoms with Crippen molar-refractivity contribution in [1.29, 1.82) is 0 Å². The van der Waals surface area contributed by atoms with Crippen LogP contribution in [0, 0.1) is 13.8 Å². The van der Waals surface area contributed by atoms with Gasteiger partial charge in [0.2, 0.25) is 0 Å². The van der Waals surface area contributed by atoms with Gasteiger partial charge in [-0.3, -0.25) is 0 Å². The summed E-state index contributed by atoms with van der Waals surface area (Å²) in [6.45, 7) is 4.19. The first-order valence-electron chi connectivity index (χ1n) is 3.23. The van der Waals surface area contributed by atoms with Crippen molar-refractivity contribution in [3.63, 3.8) is 0 Å². The van der Waals surface area contributed by atoms with E-state index < -0.39 is 19.1 Å². The summed E-state index contributed by atoms with van der Waals surface area (Å²) in [5.74, 6) is 0. The van der Waals surface area contributed by atoms with Gasteiger partial charge in [-0.2, -0.15) is 0 Å². The van der Waals surface area contributed by atoms with E-state index in [1.54, 1.807) is 0 Å². The van der Waals surface area contributed by atoms with Gasteiger partial charge in [-0.05, 0) is 13.8 Å². The molecule has 1 rings (SSSR count). The maximum absolute atomic E-state index is 8.50. The fraction of sp³-hybridized carbons (Fsp3) is 0.250. The van der Waals surface area contributed by atoms with Crippen molar-refractivity contribution in [3.8, 4) is 0 Å². The zero-order valence-electron chi connectivity index (χ0n) is 6.63. The zero-order chi connectivity index (χ0) is 8.69.